The number of benzene rings is 2. The number of fused-ring (bicyclic) bond motifs is 5. The molecule has 1 saturated heterocycles. The molecule has 2 atom stereocenters. The fourth-order valence-electron chi connectivity index (χ4n) is 5.80. The molecule has 146 valence electrons. The Morgan fingerprint density at radius 2 is 1.71 bits per heavy atom. The van der Waals surface area contributed by atoms with Gasteiger partial charge in [0.2, 0.25) is 0 Å². The summed E-state index contributed by atoms with van der Waals surface area (Å²) in [4.78, 5) is 17.6. The van der Waals surface area contributed by atoms with Crippen LogP contribution >= 0.6 is 0 Å². The molecule has 3 aliphatic rings. The van der Waals surface area contributed by atoms with Crippen LogP contribution in [0.4, 0.5) is 4.79 Å². The minimum Gasteiger partial charge on any atom is -0.508 e. The highest BCUT2D eigenvalue weighted by molar-refractivity contribution is 5.76. The Morgan fingerprint density at radius 1 is 1.04 bits per heavy atom. The highest BCUT2D eigenvalue weighted by Crippen LogP contribution is 2.57. The van der Waals surface area contributed by atoms with Gasteiger partial charge in [-0.15, -0.1) is 0 Å². The number of piperidine rings is 1. The molecule has 2 aromatic carbocycles. The number of likely N-dealkylation sites (tertiary alicyclic amines) is 1. The topological polar surface area (TPSA) is 43.8 Å². The number of urea groups is 1. The first-order valence-corrected chi connectivity index (χ1v) is 10.3. The van der Waals surface area contributed by atoms with E-state index in [9.17, 15) is 9.90 Å². The van der Waals surface area contributed by atoms with Gasteiger partial charge < -0.3 is 14.9 Å². The molecule has 2 amide bonds. The monoisotopic (exact) mass is 376 g/mol. The summed E-state index contributed by atoms with van der Waals surface area (Å²) in [7, 11) is 0. The fourth-order valence-corrected chi connectivity index (χ4v) is 5.80. The zero-order chi connectivity index (χ0) is 19.7. The van der Waals surface area contributed by atoms with Crippen molar-refractivity contribution >= 4 is 6.03 Å². The molecule has 0 radical (unpaired) electrons. The number of hydrogen-bond acceptors (Lipinski definition) is 2. The quantitative estimate of drug-likeness (QED) is 0.739. The van der Waals surface area contributed by atoms with E-state index in [4.69, 9.17) is 0 Å². The lowest BCUT2D eigenvalue weighted by Crippen LogP contribution is -2.66. The average molecular weight is 377 g/mol. The number of phenols is 1. The van der Waals surface area contributed by atoms with Crippen LogP contribution < -0.4 is 0 Å². The molecule has 0 unspecified atom stereocenters. The third kappa shape index (κ3) is 2.20. The Kier molecular flexibility index (Phi) is 3.62. The Morgan fingerprint density at radius 3 is 2.39 bits per heavy atom. The van der Waals surface area contributed by atoms with Crippen molar-refractivity contribution in [1.82, 2.24) is 9.80 Å². The Bertz CT molecular complexity index is 942. The maximum Gasteiger partial charge on any atom is 0.320 e. The van der Waals surface area contributed by atoms with Crippen LogP contribution in [0.25, 0.3) is 0 Å². The van der Waals surface area contributed by atoms with Gasteiger partial charge in [-0.2, -0.15) is 0 Å². The predicted molar refractivity (Wildman–Crippen MR) is 109 cm³/mol. The van der Waals surface area contributed by atoms with Crippen LogP contribution in [0, 0.1) is 5.41 Å². The predicted octanol–water partition coefficient (Wildman–Crippen LogP) is 4.44. The molecule has 1 N–H and O–H groups in total. The lowest BCUT2D eigenvalue weighted by Gasteiger charge is -2.61. The van der Waals surface area contributed by atoms with E-state index < -0.39 is 0 Å². The Balaban J connectivity index is 1.50. The van der Waals surface area contributed by atoms with Crippen LogP contribution in [-0.2, 0) is 24.9 Å². The van der Waals surface area contributed by atoms with E-state index in [1.165, 1.54) is 16.7 Å². The molecule has 1 fully saturated rings. The first-order valence-electron chi connectivity index (χ1n) is 10.3. The van der Waals surface area contributed by atoms with Gasteiger partial charge >= 0.3 is 6.03 Å². The summed E-state index contributed by atoms with van der Waals surface area (Å²) < 4.78 is 0. The molecule has 0 aromatic heterocycles. The van der Waals surface area contributed by atoms with Crippen LogP contribution in [0.5, 0.6) is 5.75 Å². The number of nitrogens with zero attached hydrogens (tertiary/aromatic N) is 2. The molecule has 4 nitrogen and oxygen atoms in total. The van der Waals surface area contributed by atoms with Crippen LogP contribution in [0.1, 0.15) is 49.4 Å². The summed E-state index contributed by atoms with van der Waals surface area (Å²) in [5, 5.41) is 10.5. The fraction of sp³-hybridized carbons (Fsp3) is 0.458. The first kappa shape index (κ1) is 17.6. The Labute approximate surface area is 166 Å². The summed E-state index contributed by atoms with van der Waals surface area (Å²) in [6.45, 7) is 9.05. The molecule has 4 heteroatoms. The molecule has 2 heterocycles. The van der Waals surface area contributed by atoms with Crippen molar-refractivity contribution in [2.75, 3.05) is 6.54 Å². The lowest BCUT2D eigenvalue weighted by atomic mass is 9.51. The van der Waals surface area contributed by atoms with Gasteiger partial charge in [0.25, 0.3) is 0 Å². The van der Waals surface area contributed by atoms with Gasteiger partial charge in [-0.3, -0.25) is 0 Å². The molecule has 1 aliphatic carbocycles. The molecule has 2 aliphatic heterocycles. The van der Waals surface area contributed by atoms with Crippen molar-refractivity contribution in [1.29, 1.82) is 0 Å². The second kappa shape index (κ2) is 5.76. The molecule has 2 bridgehead atoms. The van der Waals surface area contributed by atoms with Crippen LogP contribution in [0.3, 0.4) is 0 Å². The summed E-state index contributed by atoms with van der Waals surface area (Å²) in [6.07, 6.45) is 1.64. The number of phenolic OH excluding ortho intramolecular Hbond substituents is 1. The second-order valence-corrected chi connectivity index (χ2v) is 9.43. The number of amides is 2. The number of carbonyl (C=O) groups is 1. The molecule has 28 heavy (non-hydrogen) atoms. The van der Waals surface area contributed by atoms with Crippen LogP contribution in [0.15, 0.2) is 42.5 Å². The van der Waals surface area contributed by atoms with Crippen LogP contribution in [-0.4, -0.2) is 33.5 Å². The van der Waals surface area contributed by atoms with Crippen molar-refractivity contribution in [3.05, 3.63) is 64.7 Å². The van der Waals surface area contributed by atoms with E-state index in [1.54, 1.807) is 6.07 Å². The van der Waals surface area contributed by atoms with Crippen molar-refractivity contribution in [2.24, 2.45) is 5.41 Å². The summed E-state index contributed by atoms with van der Waals surface area (Å²) >= 11 is 0. The molecule has 0 saturated carbocycles. The number of hydrogen-bond donors (Lipinski definition) is 1. The largest absolute Gasteiger partial charge is 0.508 e. The smallest absolute Gasteiger partial charge is 0.320 e. The molecular formula is C24H28N2O2. The van der Waals surface area contributed by atoms with Crippen LogP contribution in [0.2, 0.25) is 0 Å². The normalized spacial score (nSPS) is 27.3. The number of aromatic hydroxyl groups is 1. The van der Waals surface area contributed by atoms with E-state index >= 15 is 0 Å². The van der Waals surface area contributed by atoms with Gasteiger partial charge in [0.15, 0.2) is 0 Å². The Hall–Kier alpha value is -2.49. The minimum absolute atomic E-state index is 0.0469. The third-order valence-electron chi connectivity index (χ3n) is 7.98. The van der Waals surface area contributed by atoms with Gasteiger partial charge in [0.05, 0.1) is 0 Å². The van der Waals surface area contributed by atoms with E-state index in [0.29, 0.717) is 18.8 Å². The molecule has 2 aromatic rings. The van der Waals surface area contributed by atoms with Crippen molar-refractivity contribution in [2.45, 2.75) is 58.2 Å². The number of carbonyl (C=O) groups excluding carboxylic acids is 1. The maximum atomic E-state index is 13.5. The van der Waals surface area contributed by atoms with Gasteiger partial charge in [-0.05, 0) is 46.6 Å². The molecular weight excluding hydrogens is 348 g/mol. The highest BCUT2D eigenvalue weighted by Gasteiger charge is 2.57. The van der Waals surface area contributed by atoms with E-state index in [2.05, 4.69) is 43.9 Å². The maximum absolute atomic E-state index is 13.5. The lowest BCUT2D eigenvalue weighted by molar-refractivity contribution is -0.0241. The minimum atomic E-state index is -0.0612. The van der Waals surface area contributed by atoms with Gasteiger partial charge in [-0.25, -0.2) is 4.79 Å². The standard InChI is InChI=1S/C24H28N2O2/c1-23(2)21-13-18-19(9-6-10-20(18)27)24(23,3)11-12-26(21)22(28)25-14-16-7-4-5-8-17(16)15-25/h4-10,21,27H,11-15H2,1-3H3/t21-,24+/m1/s1. The zero-order valence-electron chi connectivity index (χ0n) is 16.9. The van der Waals surface area contributed by atoms with E-state index in [-0.39, 0.29) is 22.9 Å². The molecule has 5 rings (SSSR count). The van der Waals surface area contributed by atoms with Crippen molar-refractivity contribution in [3.8, 4) is 5.75 Å². The summed E-state index contributed by atoms with van der Waals surface area (Å²) in [5.41, 5.74) is 4.68. The molecule has 0 spiro atoms. The van der Waals surface area contributed by atoms with Gasteiger partial charge in [0.1, 0.15) is 5.75 Å². The SMILES string of the molecule is CC1(C)[C@H]2Cc3c(O)cccc3[C@]1(C)CCN2C(=O)N1Cc2ccccc2C1. The third-order valence-corrected chi connectivity index (χ3v) is 7.98. The first-order chi connectivity index (χ1) is 13.3. The van der Waals surface area contributed by atoms with Gasteiger partial charge in [-0.1, -0.05) is 57.2 Å². The van der Waals surface area contributed by atoms with Crippen molar-refractivity contribution in [3.63, 3.8) is 0 Å². The zero-order valence-corrected chi connectivity index (χ0v) is 16.9. The van der Waals surface area contributed by atoms with Gasteiger partial charge in [0, 0.05) is 31.1 Å². The van der Waals surface area contributed by atoms with Crippen molar-refractivity contribution < 1.29 is 9.90 Å². The second-order valence-electron chi connectivity index (χ2n) is 9.43. The summed E-state index contributed by atoms with van der Waals surface area (Å²) in [5.74, 6) is 0.368. The number of rotatable bonds is 0. The average Bonchev–Trinajstić information content (AvgIpc) is 3.09. The van der Waals surface area contributed by atoms with E-state index in [1.807, 2.05) is 23.1 Å². The van der Waals surface area contributed by atoms with E-state index in [0.717, 1.165) is 24.9 Å². The highest BCUT2D eigenvalue weighted by atomic mass is 16.3. The summed E-state index contributed by atoms with van der Waals surface area (Å²) in [6, 6.07) is 14.4.